The van der Waals surface area contributed by atoms with Crippen LogP contribution in [0.2, 0.25) is 0 Å². The molecular formula is C23H17NO4. The number of ketones is 1. The number of hydrogen-bond donors (Lipinski definition) is 1. The molecular weight excluding hydrogens is 354 g/mol. The summed E-state index contributed by atoms with van der Waals surface area (Å²) in [6.07, 6.45) is 1.71. The molecule has 0 fully saturated rings. The lowest BCUT2D eigenvalue weighted by Gasteiger charge is -2.05. The molecule has 0 saturated heterocycles. The summed E-state index contributed by atoms with van der Waals surface area (Å²) in [7, 11) is 0. The molecule has 1 amide bonds. The molecule has 138 valence electrons. The third-order valence-electron chi connectivity index (χ3n) is 4.34. The Bertz CT molecular complexity index is 1070. The van der Waals surface area contributed by atoms with Crippen LogP contribution < -0.4 is 15.2 Å². The molecule has 0 spiro atoms. The van der Waals surface area contributed by atoms with Gasteiger partial charge in [-0.3, -0.25) is 9.59 Å². The van der Waals surface area contributed by atoms with E-state index in [1.807, 2.05) is 54.6 Å². The van der Waals surface area contributed by atoms with Gasteiger partial charge in [0.25, 0.3) is 5.91 Å². The van der Waals surface area contributed by atoms with Gasteiger partial charge in [-0.25, -0.2) is 0 Å². The SMILES string of the molecule is NC(=O)COc1ccc2c(c1)O/C(=C\c1ccc(-c3ccccc3)cc1)C2=O. The van der Waals surface area contributed by atoms with Gasteiger partial charge in [0.15, 0.2) is 12.4 Å². The molecule has 0 radical (unpaired) electrons. The normalized spacial score (nSPS) is 13.9. The van der Waals surface area contributed by atoms with Gasteiger partial charge in [0.2, 0.25) is 5.78 Å². The molecule has 4 rings (SSSR count). The molecule has 2 N–H and O–H groups in total. The molecule has 0 aliphatic carbocycles. The fraction of sp³-hybridized carbons (Fsp3) is 0.0435. The zero-order chi connectivity index (χ0) is 19.5. The minimum atomic E-state index is -0.572. The Morgan fingerprint density at radius 3 is 2.39 bits per heavy atom. The summed E-state index contributed by atoms with van der Waals surface area (Å²) in [6, 6.07) is 22.8. The van der Waals surface area contributed by atoms with Gasteiger partial charge >= 0.3 is 0 Å². The van der Waals surface area contributed by atoms with E-state index in [1.165, 1.54) is 0 Å². The smallest absolute Gasteiger partial charge is 0.255 e. The minimum absolute atomic E-state index is 0.191. The number of ether oxygens (including phenoxy) is 2. The highest BCUT2D eigenvalue weighted by Crippen LogP contribution is 2.35. The summed E-state index contributed by atoms with van der Waals surface area (Å²) < 4.78 is 11.0. The number of amides is 1. The highest BCUT2D eigenvalue weighted by molar-refractivity contribution is 6.14. The number of carbonyl (C=O) groups excluding carboxylic acids is 2. The zero-order valence-corrected chi connectivity index (χ0v) is 14.9. The van der Waals surface area contributed by atoms with Crippen LogP contribution in [-0.4, -0.2) is 18.3 Å². The molecule has 5 heteroatoms. The molecule has 1 aliphatic heterocycles. The Balaban J connectivity index is 1.53. The number of fused-ring (bicyclic) bond motifs is 1. The molecule has 3 aromatic rings. The number of hydrogen-bond acceptors (Lipinski definition) is 4. The van der Waals surface area contributed by atoms with Crippen LogP contribution in [0.15, 0.2) is 78.6 Å². The third-order valence-corrected chi connectivity index (χ3v) is 4.34. The van der Waals surface area contributed by atoms with Crippen molar-refractivity contribution in [2.45, 2.75) is 0 Å². The third kappa shape index (κ3) is 3.64. The average molecular weight is 371 g/mol. The van der Waals surface area contributed by atoms with E-state index in [0.29, 0.717) is 17.1 Å². The molecule has 1 heterocycles. The summed E-state index contributed by atoms with van der Waals surface area (Å²) >= 11 is 0. The molecule has 5 nitrogen and oxygen atoms in total. The predicted molar refractivity (Wildman–Crippen MR) is 106 cm³/mol. The maximum absolute atomic E-state index is 12.6. The van der Waals surface area contributed by atoms with Gasteiger partial charge < -0.3 is 15.2 Å². The van der Waals surface area contributed by atoms with Crippen LogP contribution in [0.25, 0.3) is 17.2 Å². The molecule has 0 unspecified atom stereocenters. The van der Waals surface area contributed by atoms with Gasteiger partial charge in [0.05, 0.1) is 5.56 Å². The average Bonchev–Trinajstić information content (AvgIpc) is 3.02. The topological polar surface area (TPSA) is 78.6 Å². The van der Waals surface area contributed by atoms with E-state index >= 15 is 0 Å². The first-order chi connectivity index (χ1) is 13.6. The van der Waals surface area contributed by atoms with Gasteiger partial charge in [-0.1, -0.05) is 54.6 Å². The fourth-order valence-corrected chi connectivity index (χ4v) is 2.97. The summed E-state index contributed by atoms with van der Waals surface area (Å²) in [4.78, 5) is 23.4. The Labute approximate surface area is 162 Å². The van der Waals surface area contributed by atoms with E-state index in [-0.39, 0.29) is 18.1 Å². The second-order valence-corrected chi connectivity index (χ2v) is 6.34. The van der Waals surface area contributed by atoms with Crippen molar-refractivity contribution in [1.82, 2.24) is 0 Å². The first-order valence-electron chi connectivity index (χ1n) is 8.75. The predicted octanol–water partition coefficient (Wildman–Crippen LogP) is 3.83. The van der Waals surface area contributed by atoms with Gasteiger partial charge in [-0.15, -0.1) is 0 Å². The second-order valence-electron chi connectivity index (χ2n) is 6.34. The van der Waals surface area contributed by atoms with E-state index in [1.54, 1.807) is 24.3 Å². The van der Waals surface area contributed by atoms with Crippen molar-refractivity contribution in [1.29, 1.82) is 0 Å². The van der Waals surface area contributed by atoms with Crippen molar-refractivity contribution in [3.8, 4) is 22.6 Å². The van der Waals surface area contributed by atoms with E-state index in [2.05, 4.69) is 0 Å². The Kier molecular flexibility index (Phi) is 4.64. The van der Waals surface area contributed by atoms with Gasteiger partial charge in [-0.2, -0.15) is 0 Å². The quantitative estimate of drug-likeness (QED) is 0.691. The first-order valence-corrected chi connectivity index (χ1v) is 8.75. The van der Waals surface area contributed by atoms with E-state index in [0.717, 1.165) is 16.7 Å². The lowest BCUT2D eigenvalue weighted by Crippen LogP contribution is -2.19. The van der Waals surface area contributed by atoms with Crippen LogP contribution in [0.4, 0.5) is 0 Å². The van der Waals surface area contributed by atoms with Crippen molar-refractivity contribution in [3.05, 3.63) is 89.7 Å². The number of allylic oxidation sites excluding steroid dienone is 1. The van der Waals surface area contributed by atoms with Crippen LogP contribution >= 0.6 is 0 Å². The standard InChI is InChI=1S/C23H17NO4/c24-22(25)14-27-18-10-11-19-20(13-18)28-21(23(19)26)12-15-6-8-17(9-7-15)16-4-2-1-3-5-16/h1-13H,14H2,(H2,24,25)/b21-12-. The molecule has 0 atom stereocenters. The second kappa shape index (κ2) is 7.40. The van der Waals surface area contributed by atoms with Crippen LogP contribution in [0.5, 0.6) is 11.5 Å². The lowest BCUT2D eigenvalue weighted by molar-refractivity contribution is -0.119. The van der Waals surface area contributed by atoms with Crippen molar-refractivity contribution < 1.29 is 19.1 Å². The Morgan fingerprint density at radius 2 is 1.68 bits per heavy atom. The lowest BCUT2D eigenvalue weighted by atomic mass is 10.0. The van der Waals surface area contributed by atoms with E-state index in [4.69, 9.17) is 15.2 Å². The number of benzene rings is 3. The first kappa shape index (κ1) is 17.5. The number of nitrogens with two attached hydrogens (primary N) is 1. The Hall–Kier alpha value is -3.86. The molecule has 0 bridgehead atoms. The van der Waals surface area contributed by atoms with E-state index < -0.39 is 5.91 Å². The number of rotatable bonds is 5. The summed E-state index contributed by atoms with van der Waals surface area (Å²) in [6.45, 7) is -0.233. The highest BCUT2D eigenvalue weighted by Gasteiger charge is 2.27. The molecule has 28 heavy (non-hydrogen) atoms. The zero-order valence-electron chi connectivity index (χ0n) is 14.9. The van der Waals surface area contributed by atoms with Crippen LogP contribution in [-0.2, 0) is 4.79 Å². The molecule has 3 aromatic carbocycles. The maximum Gasteiger partial charge on any atom is 0.255 e. The van der Waals surface area contributed by atoms with Crippen molar-refractivity contribution in [2.24, 2.45) is 5.73 Å². The fourth-order valence-electron chi connectivity index (χ4n) is 2.97. The Morgan fingerprint density at radius 1 is 0.964 bits per heavy atom. The summed E-state index contributed by atoms with van der Waals surface area (Å²) in [5.41, 5.74) is 8.62. The molecule has 0 saturated carbocycles. The summed E-state index contributed by atoms with van der Waals surface area (Å²) in [5, 5.41) is 0. The highest BCUT2D eigenvalue weighted by atomic mass is 16.5. The van der Waals surface area contributed by atoms with Crippen LogP contribution in [0.1, 0.15) is 15.9 Å². The molecule has 1 aliphatic rings. The number of primary amides is 1. The van der Waals surface area contributed by atoms with Crippen molar-refractivity contribution in [3.63, 3.8) is 0 Å². The molecule has 0 aromatic heterocycles. The van der Waals surface area contributed by atoms with Gasteiger partial charge in [0.1, 0.15) is 11.5 Å². The van der Waals surface area contributed by atoms with Crippen molar-refractivity contribution in [2.75, 3.05) is 6.61 Å². The van der Waals surface area contributed by atoms with Crippen LogP contribution in [0, 0.1) is 0 Å². The minimum Gasteiger partial charge on any atom is -0.484 e. The number of carbonyl (C=O) groups is 2. The van der Waals surface area contributed by atoms with E-state index in [9.17, 15) is 9.59 Å². The van der Waals surface area contributed by atoms with Crippen LogP contribution in [0.3, 0.4) is 0 Å². The largest absolute Gasteiger partial charge is 0.484 e. The number of Topliss-reactive ketones (excluding diaryl/α,β-unsaturated/α-hetero) is 1. The maximum atomic E-state index is 12.6. The monoisotopic (exact) mass is 371 g/mol. The summed E-state index contributed by atoms with van der Waals surface area (Å²) in [5.74, 6) is 0.299. The van der Waals surface area contributed by atoms with Crippen molar-refractivity contribution >= 4 is 17.8 Å². The van der Waals surface area contributed by atoms with Gasteiger partial charge in [0, 0.05) is 6.07 Å². The van der Waals surface area contributed by atoms with Gasteiger partial charge in [-0.05, 0) is 34.9 Å².